The third-order valence-electron chi connectivity index (χ3n) is 5.14. The minimum atomic E-state index is -0.205. The molecule has 1 amide bonds. The fourth-order valence-corrected chi connectivity index (χ4v) is 4.64. The van der Waals surface area contributed by atoms with Gasteiger partial charge in [0.1, 0.15) is 10.8 Å². The number of halogens is 1. The van der Waals surface area contributed by atoms with E-state index in [1.54, 1.807) is 17.5 Å². The lowest BCUT2D eigenvalue weighted by atomic mass is 9.96. The molecule has 0 aliphatic rings. The first kappa shape index (κ1) is 21.1. The molecule has 31 heavy (non-hydrogen) atoms. The van der Waals surface area contributed by atoms with Crippen molar-refractivity contribution in [3.8, 4) is 0 Å². The Morgan fingerprint density at radius 1 is 0.968 bits per heavy atom. The molecule has 0 aliphatic heterocycles. The van der Waals surface area contributed by atoms with E-state index in [1.807, 2.05) is 72.8 Å². The Labute approximate surface area is 190 Å². The van der Waals surface area contributed by atoms with Crippen molar-refractivity contribution in [2.24, 2.45) is 0 Å². The van der Waals surface area contributed by atoms with E-state index >= 15 is 0 Å². The maximum absolute atomic E-state index is 12.9. The molecule has 1 atom stereocenters. The van der Waals surface area contributed by atoms with Gasteiger partial charge in [-0.1, -0.05) is 48.0 Å². The maximum Gasteiger partial charge on any atom is 0.256 e. The van der Waals surface area contributed by atoms with Crippen LogP contribution in [0.5, 0.6) is 0 Å². The standard InChI is InChI=1S/C25H22ClN3OS/c1-16-17(2)31-25(29-24(30)19-8-4-3-5-9-19)22(16)23(18-11-13-20(26)14-12-18)28-21-10-6-7-15-27-21/h3-15,23H,1-2H3,(H,27,28)(H,29,30)/t23-/m1/s1. The molecule has 0 fully saturated rings. The van der Waals surface area contributed by atoms with E-state index in [4.69, 9.17) is 11.6 Å². The molecule has 2 aromatic carbocycles. The van der Waals surface area contributed by atoms with E-state index in [0.717, 1.165) is 32.4 Å². The summed E-state index contributed by atoms with van der Waals surface area (Å²) in [6.07, 6.45) is 1.76. The summed E-state index contributed by atoms with van der Waals surface area (Å²) in [5.74, 6) is 0.627. The second-order valence-corrected chi connectivity index (χ2v) is 8.85. The van der Waals surface area contributed by atoms with Crippen molar-refractivity contribution in [2.75, 3.05) is 10.6 Å². The molecular weight excluding hydrogens is 426 g/mol. The lowest BCUT2D eigenvalue weighted by Crippen LogP contribution is -2.18. The van der Waals surface area contributed by atoms with Crippen LogP contribution in [0.15, 0.2) is 79.0 Å². The second-order valence-electron chi connectivity index (χ2n) is 7.19. The van der Waals surface area contributed by atoms with Gasteiger partial charge in [-0.25, -0.2) is 4.98 Å². The number of amides is 1. The number of carbonyl (C=O) groups is 1. The van der Waals surface area contributed by atoms with Crippen LogP contribution in [0, 0.1) is 13.8 Å². The number of rotatable bonds is 6. The van der Waals surface area contributed by atoms with E-state index in [-0.39, 0.29) is 11.9 Å². The molecule has 2 aromatic heterocycles. The molecular formula is C25H22ClN3OS. The first-order valence-electron chi connectivity index (χ1n) is 9.92. The van der Waals surface area contributed by atoms with Crippen LogP contribution in [0.3, 0.4) is 0 Å². The summed E-state index contributed by atoms with van der Waals surface area (Å²) >= 11 is 7.72. The molecule has 0 bridgehead atoms. The molecule has 0 unspecified atom stereocenters. The van der Waals surface area contributed by atoms with E-state index in [9.17, 15) is 4.79 Å². The van der Waals surface area contributed by atoms with Gasteiger partial charge in [-0.3, -0.25) is 4.79 Å². The van der Waals surface area contributed by atoms with Crippen LogP contribution in [0.2, 0.25) is 5.02 Å². The van der Waals surface area contributed by atoms with Crippen molar-refractivity contribution < 1.29 is 4.79 Å². The minimum Gasteiger partial charge on any atom is -0.359 e. The van der Waals surface area contributed by atoms with E-state index in [1.165, 1.54) is 0 Å². The molecule has 4 rings (SSSR count). The Morgan fingerprint density at radius 3 is 2.35 bits per heavy atom. The number of aromatic nitrogens is 1. The predicted molar refractivity (Wildman–Crippen MR) is 129 cm³/mol. The van der Waals surface area contributed by atoms with Crippen LogP contribution < -0.4 is 10.6 Å². The third-order valence-corrected chi connectivity index (χ3v) is 6.53. The van der Waals surface area contributed by atoms with Crippen molar-refractivity contribution in [3.63, 3.8) is 0 Å². The highest BCUT2D eigenvalue weighted by atomic mass is 35.5. The molecule has 2 N–H and O–H groups in total. The first-order valence-corrected chi connectivity index (χ1v) is 11.1. The Kier molecular flexibility index (Phi) is 6.35. The summed E-state index contributed by atoms with van der Waals surface area (Å²) in [5, 5.41) is 8.17. The maximum atomic E-state index is 12.9. The van der Waals surface area contributed by atoms with E-state index in [0.29, 0.717) is 10.6 Å². The van der Waals surface area contributed by atoms with Gasteiger partial charge in [0, 0.05) is 27.2 Å². The smallest absolute Gasteiger partial charge is 0.256 e. The Bertz CT molecular complexity index is 1170. The molecule has 0 radical (unpaired) electrons. The van der Waals surface area contributed by atoms with Gasteiger partial charge in [0.05, 0.1) is 6.04 Å². The fraction of sp³-hybridized carbons (Fsp3) is 0.120. The number of hydrogen-bond donors (Lipinski definition) is 2. The van der Waals surface area contributed by atoms with Gasteiger partial charge in [-0.05, 0) is 61.4 Å². The van der Waals surface area contributed by atoms with Crippen molar-refractivity contribution in [1.82, 2.24) is 4.98 Å². The van der Waals surface area contributed by atoms with E-state index < -0.39 is 0 Å². The second kappa shape index (κ2) is 9.33. The molecule has 0 spiro atoms. The number of aryl methyl sites for hydroxylation is 1. The highest BCUT2D eigenvalue weighted by molar-refractivity contribution is 7.16. The molecule has 156 valence electrons. The predicted octanol–water partition coefficient (Wildman–Crippen LogP) is 6.87. The van der Waals surface area contributed by atoms with Crippen molar-refractivity contribution in [2.45, 2.75) is 19.9 Å². The van der Waals surface area contributed by atoms with Gasteiger partial charge < -0.3 is 10.6 Å². The van der Waals surface area contributed by atoms with Gasteiger partial charge in [-0.2, -0.15) is 0 Å². The summed E-state index contributed by atoms with van der Waals surface area (Å²) in [6.45, 7) is 4.16. The summed E-state index contributed by atoms with van der Waals surface area (Å²) in [4.78, 5) is 18.5. The lowest BCUT2D eigenvalue weighted by Gasteiger charge is -2.22. The van der Waals surface area contributed by atoms with E-state index in [2.05, 4.69) is 29.5 Å². The summed E-state index contributed by atoms with van der Waals surface area (Å²) in [6, 6.07) is 22.5. The number of nitrogens with one attached hydrogen (secondary N) is 2. The van der Waals surface area contributed by atoms with Gasteiger partial charge in [0.15, 0.2) is 0 Å². The van der Waals surface area contributed by atoms with Crippen molar-refractivity contribution >= 4 is 39.7 Å². The molecule has 2 heterocycles. The number of anilines is 2. The zero-order chi connectivity index (χ0) is 21.8. The van der Waals surface area contributed by atoms with Gasteiger partial charge in [0.2, 0.25) is 0 Å². The minimum absolute atomic E-state index is 0.129. The average Bonchev–Trinajstić information content (AvgIpc) is 3.07. The Balaban J connectivity index is 1.77. The third kappa shape index (κ3) is 4.79. The molecule has 4 aromatic rings. The van der Waals surface area contributed by atoms with Crippen LogP contribution in [-0.2, 0) is 0 Å². The largest absolute Gasteiger partial charge is 0.359 e. The highest BCUT2D eigenvalue weighted by Crippen LogP contribution is 2.41. The lowest BCUT2D eigenvalue weighted by molar-refractivity contribution is 0.102. The summed E-state index contributed by atoms with van der Waals surface area (Å²) in [5.41, 5.74) is 3.82. The molecule has 0 saturated carbocycles. The zero-order valence-electron chi connectivity index (χ0n) is 17.2. The van der Waals surface area contributed by atoms with Gasteiger partial charge in [-0.15, -0.1) is 11.3 Å². The quantitative estimate of drug-likeness (QED) is 0.339. The zero-order valence-corrected chi connectivity index (χ0v) is 18.8. The summed E-state index contributed by atoms with van der Waals surface area (Å²) < 4.78 is 0. The van der Waals surface area contributed by atoms with Crippen LogP contribution >= 0.6 is 22.9 Å². The average molecular weight is 448 g/mol. The fourth-order valence-electron chi connectivity index (χ4n) is 3.42. The monoisotopic (exact) mass is 447 g/mol. The van der Waals surface area contributed by atoms with Crippen molar-refractivity contribution in [3.05, 3.63) is 111 Å². The molecule has 4 nitrogen and oxygen atoms in total. The number of benzene rings is 2. The number of thiophene rings is 1. The number of carbonyl (C=O) groups excluding carboxylic acids is 1. The first-order chi connectivity index (χ1) is 15.0. The number of pyridine rings is 1. The molecule has 6 heteroatoms. The van der Waals surface area contributed by atoms with Crippen LogP contribution in [0.25, 0.3) is 0 Å². The Hall–Kier alpha value is -3.15. The summed E-state index contributed by atoms with van der Waals surface area (Å²) in [7, 11) is 0. The Morgan fingerprint density at radius 2 is 1.68 bits per heavy atom. The van der Waals surface area contributed by atoms with Crippen molar-refractivity contribution in [1.29, 1.82) is 0 Å². The molecule has 0 saturated heterocycles. The topological polar surface area (TPSA) is 54.0 Å². The number of nitrogens with zero attached hydrogens (tertiary/aromatic N) is 1. The van der Waals surface area contributed by atoms with Gasteiger partial charge >= 0.3 is 0 Å². The van der Waals surface area contributed by atoms with Crippen LogP contribution in [-0.4, -0.2) is 10.9 Å². The SMILES string of the molecule is Cc1sc(NC(=O)c2ccccc2)c([C@H](Nc2ccccn2)c2ccc(Cl)cc2)c1C. The van der Waals surface area contributed by atoms with Crippen LogP contribution in [0.4, 0.5) is 10.8 Å². The normalized spacial score (nSPS) is 11.7. The molecule has 0 aliphatic carbocycles. The highest BCUT2D eigenvalue weighted by Gasteiger charge is 2.25. The van der Waals surface area contributed by atoms with Crippen LogP contribution in [0.1, 0.15) is 38.0 Å². The number of hydrogen-bond acceptors (Lipinski definition) is 4. The van der Waals surface area contributed by atoms with Gasteiger partial charge in [0.25, 0.3) is 5.91 Å².